The summed E-state index contributed by atoms with van der Waals surface area (Å²) in [6.45, 7) is 0.662. The van der Waals surface area contributed by atoms with E-state index >= 15 is 0 Å². The molecule has 16 aromatic carbocycles. The molecule has 0 radical (unpaired) electrons. The van der Waals surface area contributed by atoms with Gasteiger partial charge in [0.1, 0.15) is 0 Å². The van der Waals surface area contributed by atoms with Gasteiger partial charge in [-0.15, -0.1) is 0 Å². The van der Waals surface area contributed by atoms with E-state index in [9.17, 15) is 21.0 Å². The van der Waals surface area contributed by atoms with E-state index in [4.69, 9.17) is 0 Å². The number of nitriles is 4. The third-order valence-electron chi connectivity index (χ3n) is 23.6. The predicted octanol–water partition coefficient (Wildman–Crippen LogP) is 15.4. The van der Waals surface area contributed by atoms with Gasteiger partial charge in [-0.25, -0.2) is 0 Å². The van der Waals surface area contributed by atoms with Crippen molar-refractivity contribution in [1.29, 1.82) is 21.0 Å². The molecule has 0 unspecified atom stereocenters. The molecule has 0 amide bonds. The van der Waals surface area contributed by atoms with Crippen molar-refractivity contribution in [3.63, 3.8) is 0 Å². The van der Waals surface area contributed by atoms with Gasteiger partial charge >= 0.3 is 0 Å². The highest BCUT2D eigenvalue weighted by molar-refractivity contribution is 7.03. The van der Waals surface area contributed by atoms with E-state index in [1.807, 2.05) is 48.5 Å². The molecular formula is C100H60B4N8. The van der Waals surface area contributed by atoms with E-state index in [0.717, 1.165) is 50.5 Å². The summed E-state index contributed by atoms with van der Waals surface area (Å²) in [5.74, 6) is 0. The topological polar surface area (TPSA) is 108 Å². The Labute approximate surface area is 652 Å². The molecule has 0 bridgehead atoms. The first-order valence-electron chi connectivity index (χ1n) is 37.9. The van der Waals surface area contributed by atoms with E-state index in [1.165, 1.54) is 145 Å². The molecule has 0 fully saturated rings. The zero-order chi connectivity index (χ0) is 74.7. The van der Waals surface area contributed by atoms with Crippen molar-refractivity contribution in [1.82, 2.24) is 0 Å². The Balaban J connectivity index is 0.0000000943. The van der Waals surface area contributed by atoms with E-state index in [0.29, 0.717) is 5.56 Å². The Kier molecular flexibility index (Phi) is 15.4. The van der Waals surface area contributed by atoms with Crippen LogP contribution in [0.25, 0.3) is 44.5 Å². The molecule has 0 spiro atoms. The van der Waals surface area contributed by atoms with Gasteiger partial charge in [0.2, 0.25) is 26.9 Å². The van der Waals surface area contributed by atoms with Gasteiger partial charge in [0.05, 0.1) is 41.0 Å². The summed E-state index contributed by atoms with van der Waals surface area (Å²) < 4.78 is 0. The van der Waals surface area contributed by atoms with Crippen LogP contribution in [0.5, 0.6) is 0 Å². The van der Waals surface area contributed by atoms with Gasteiger partial charge < -0.3 is 19.6 Å². The summed E-state index contributed by atoms with van der Waals surface area (Å²) in [6.07, 6.45) is 0. The third-order valence-corrected chi connectivity index (χ3v) is 23.6. The fraction of sp³-hybridized carbons (Fsp3) is 0. The molecule has 24 rings (SSSR count). The Morgan fingerprint density at radius 3 is 0.991 bits per heavy atom. The number of anilines is 12. The van der Waals surface area contributed by atoms with Gasteiger partial charge in [0.25, 0.3) is 0 Å². The summed E-state index contributed by atoms with van der Waals surface area (Å²) in [6, 6.07) is 137. The van der Waals surface area contributed by atoms with Crippen LogP contribution >= 0.6 is 0 Å². The summed E-state index contributed by atoms with van der Waals surface area (Å²) in [5.41, 5.74) is 42.2. The Morgan fingerprint density at radius 1 is 0.188 bits per heavy atom. The van der Waals surface area contributed by atoms with Crippen molar-refractivity contribution in [3.8, 4) is 68.8 Å². The average Bonchev–Trinajstić information content (AvgIpc) is 1.54. The molecule has 512 valence electrons. The molecule has 16 aromatic rings. The van der Waals surface area contributed by atoms with Gasteiger partial charge in [0, 0.05) is 73.8 Å². The highest BCUT2D eigenvalue weighted by atomic mass is 15.2. The van der Waals surface area contributed by atoms with Gasteiger partial charge in [-0.2, -0.15) is 21.0 Å². The van der Waals surface area contributed by atoms with Crippen LogP contribution in [0.2, 0.25) is 0 Å². The van der Waals surface area contributed by atoms with Crippen molar-refractivity contribution >= 4 is 161 Å². The lowest BCUT2D eigenvalue weighted by Gasteiger charge is -2.35. The van der Waals surface area contributed by atoms with E-state index in [1.54, 1.807) is 0 Å². The predicted molar refractivity (Wildman–Crippen MR) is 464 cm³/mol. The second kappa shape index (κ2) is 26.4. The van der Waals surface area contributed by atoms with Crippen LogP contribution in [-0.2, 0) is 0 Å². The van der Waals surface area contributed by atoms with Crippen molar-refractivity contribution in [2.75, 3.05) is 19.6 Å². The molecule has 112 heavy (non-hydrogen) atoms. The first kappa shape index (κ1) is 65.2. The Morgan fingerprint density at radius 2 is 0.518 bits per heavy atom. The number of fused-ring (bicyclic) bond motifs is 20. The largest absolute Gasteiger partial charge is 0.312 e. The first-order valence-corrected chi connectivity index (χ1v) is 37.9. The number of rotatable bonds is 4. The summed E-state index contributed by atoms with van der Waals surface area (Å²) >= 11 is 0. The summed E-state index contributed by atoms with van der Waals surface area (Å²) in [4.78, 5) is 9.41. The Bertz CT molecular complexity index is 6720. The molecular weight excluding hydrogens is 1360 g/mol. The van der Waals surface area contributed by atoms with Crippen molar-refractivity contribution in [3.05, 3.63) is 386 Å². The highest BCUT2D eigenvalue weighted by Crippen LogP contribution is 2.46. The maximum atomic E-state index is 9.81. The van der Waals surface area contributed by atoms with Gasteiger partial charge in [-0.3, -0.25) is 0 Å². The van der Waals surface area contributed by atoms with Crippen LogP contribution in [-0.4, -0.2) is 26.9 Å². The van der Waals surface area contributed by atoms with Crippen LogP contribution in [0.3, 0.4) is 0 Å². The Hall–Kier alpha value is -15.1. The minimum atomic E-state index is 0.105. The molecule has 0 atom stereocenters. The lowest BCUT2D eigenvalue weighted by Crippen LogP contribution is -2.55. The third kappa shape index (κ3) is 9.90. The monoisotopic (exact) mass is 1420 g/mol. The molecule has 8 heterocycles. The SMILES string of the molecule is N#Cc1ccc2c(c1)-c1cccc3c1B2c1ccccc1N3c1ccccc1.N#Cc1ccc2c(c1)B1c3ccccc3N(c3ccccc3)c3cccc-2c31.N#Cc1ccc2c3c1-c1ccccc1B3c1ccccc1N2c1ccccc1.N#Cc1cccc2c1B1c3ccccc3N(c3ccccc3)c3cccc-2c31. The number of para-hydroxylation sites is 8. The molecule has 12 heteroatoms. The van der Waals surface area contributed by atoms with Crippen molar-refractivity contribution < 1.29 is 0 Å². The number of hydrogen-bond donors (Lipinski definition) is 0. The fourth-order valence-corrected chi connectivity index (χ4v) is 19.3. The molecule has 0 N–H and O–H groups in total. The van der Waals surface area contributed by atoms with Crippen LogP contribution in [0.4, 0.5) is 68.2 Å². The lowest BCUT2D eigenvalue weighted by molar-refractivity contribution is 1.29. The summed E-state index contributed by atoms with van der Waals surface area (Å²) in [7, 11) is 0. The molecule has 8 aliphatic heterocycles. The van der Waals surface area contributed by atoms with E-state index < -0.39 is 0 Å². The lowest BCUT2D eigenvalue weighted by atomic mass is 9.36. The van der Waals surface area contributed by atoms with Gasteiger partial charge in [-0.05, 0) is 227 Å². The van der Waals surface area contributed by atoms with E-state index in [2.05, 4.69) is 359 Å². The van der Waals surface area contributed by atoms with Crippen molar-refractivity contribution in [2.45, 2.75) is 0 Å². The quantitative estimate of drug-likeness (QED) is 0.160. The first-order chi connectivity index (χ1) is 55.5. The van der Waals surface area contributed by atoms with Crippen LogP contribution < -0.4 is 85.2 Å². The zero-order valence-electron chi connectivity index (χ0n) is 60.5. The minimum Gasteiger partial charge on any atom is -0.312 e. The standard InChI is InChI=1S/4C25H15BN2/c27-16-17-8-6-11-19-20-12-7-15-23-25(20)26(24(17)19)21-13-4-5-14-22(21)28(23)18-9-2-1-3-10-18;27-16-17-14-15-23-25-24(17)19-10-4-5-11-20(19)26(25)21-12-6-7-13-22(21)28(23)18-8-2-1-3-9-18;27-16-17-13-14-19-20-9-6-12-24-25(20)26(22(19)15-17)21-10-4-5-11-23(21)28(24)18-7-2-1-3-8-18;27-16-17-13-14-21-20(15-17)19-9-6-12-24-25(19)26(21)22-10-4-5-11-23(22)28(24)18-7-2-1-3-8-18/h4*1-15H. The second-order valence-corrected chi connectivity index (χ2v) is 29.2. The maximum absolute atomic E-state index is 9.81. The second-order valence-electron chi connectivity index (χ2n) is 29.2. The maximum Gasteiger partial charge on any atom is 0.250 e. The molecule has 0 saturated carbocycles. The van der Waals surface area contributed by atoms with Gasteiger partial charge in [-0.1, -0.05) is 247 Å². The summed E-state index contributed by atoms with van der Waals surface area (Å²) in [5, 5.41) is 38.4. The average molecular weight is 1420 g/mol. The molecule has 0 aliphatic carbocycles. The number of hydrogen-bond acceptors (Lipinski definition) is 8. The number of nitrogens with zero attached hydrogens (tertiary/aromatic N) is 8. The van der Waals surface area contributed by atoms with Crippen LogP contribution in [0, 0.1) is 45.3 Å². The van der Waals surface area contributed by atoms with E-state index in [-0.39, 0.29) is 26.9 Å². The molecule has 8 nitrogen and oxygen atoms in total. The molecule has 8 aliphatic rings. The minimum absolute atomic E-state index is 0.105. The van der Waals surface area contributed by atoms with Crippen LogP contribution in [0.15, 0.2) is 364 Å². The normalized spacial score (nSPS) is 12.8. The number of benzene rings is 16. The van der Waals surface area contributed by atoms with Gasteiger partial charge in [0.15, 0.2) is 0 Å². The zero-order valence-corrected chi connectivity index (χ0v) is 60.5. The highest BCUT2D eigenvalue weighted by Gasteiger charge is 2.47. The van der Waals surface area contributed by atoms with Crippen molar-refractivity contribution in [2.24, 2.45) is 0 Å². The van der Waals surface area contributed by atoms with Crippen LogP contribution in [0.1, 0.15) is 22.3 Å². The fourth-order valence-electron chi connectivity index (χ4n) is 19.3. The smallest absolute Gasteiger partial charge is 0.250 e. The molecule has 0 saturated heterocycles. The molecule has 0 aromatic heterocycles.